The summed E-state index contributed by atoms with van der Waals surface area (Å²) in [6.45, 7) is 0. The van der Waals surface area contributed by atoms with E-state index in [2.05, 4.69) is 10.3 Å². The molecule has 2 aromatic rings. The Bertz CT molecular complexity index is 1090. The first-order valence-corrected chi connectivity index (χ1v) is 11.1. The molecule has 2 unspecified atom stereocenters. The average Bonchev–Trinajstić information content (AvgIpc) is 2.91. The quantitative estimate of drug-likeness (QED) is 0.342. The Labute approximate surface area is 212 Å². The van der Waals surface area contributed by atoms with E-state index < -0.39 is 33.1 Å². The molecular weight excluding hydrogens is 548 g/mol. The maximum atomic E-state index is 14.2. The van der Waals surface area contributed by atoms with Crippen molar-refractivity contribution in [2.45, 2.75) is 15.3 Å². The van der Waals surface area contributed by atoms with Crippen molar-refractivity contribution in [2.24, 2.45) is 4.99 Å². The number of halogens is 7. The molecule has 0 radical (unpaired) electrons. The van der Waals surface area contributed by atoms with Crippen LogP contribution in [0.1, 0.15) is 0 Å². The number of hydrogen-bond donors (Lipinski definition) is 1. The van der Waals surface area contributed by atoms with Crippen molar-refractivity contribution in [2.75, 3.05) is 17.3 Å². The number of carbonyl (C=O) groups excluding carboxylic acids is 2. The zero-order valence-electron chi connectivity index (χ0n) is 16.0. The second-order valence-electron chi connectivity index (χ2n) is 6.54. The summed E-state index contributed by atoms with van der Waals surface area (Å²) in [5.41, 5.74) is 0.101. The number of alkyl halides is 4. The summed E-state index contributed by atoms with van der Waals surface area (Å²) in [7, 11) is 1.30. The standard InChI is InChI=1S/C19H13Cl6FN4O2/c1-29-16(17(31)30(18(29)32)13-5-3-2-4-11(13)26)28-15(14(22)19(23,24)25)27-12-7-6-9(20)8-10(12)21/h2-8,14-15,27H,1H3. The molecule has 6 nitrogen and oxygen atoms in total. The van der Waals surface area contributed by atoms with Gasteiger partial charge in [0.15, 0.2) is 0 Å². The van der Waals surface area contributed by atoms with Gasteiger partial charge in [-0.25, -0.2) is 19.1 Å². The van der Waals surface area contributed by atoms with Crippen molar-refractivity contribution in [3.63, 3.8) is 0 Å². The Balaban J connectivity index is 2.03. The average molecular weight is 561 g/mol. The van der Waals surface area contributed by atoms with Gasteiger partial charge in [-0.3, -0.25) is 9.69 Å². The monoisotopic (exact) mass is 558 g/mol. The Morgan fingerprint density at radius 3 is 2.34 bits per heavy atom. The van der Waals surface area contributed by atoms with Crippen molar-refractivity contribution in [1.29, 1.82) is 0 Å². The number of anilines is 2. The van der Waals surface area contributed by atoms with Crippen LogP contribution in [0.5, 0.6) is 0 Å². The van der Waals surface area contributed by atoms with Crippen molar-refractivity contribution < 1.29 is 14.0 Å². The van der Waals surface area contributed by atoms with Crippen LogP contribution in [-0.4, -0.2) is 45.1 Å². The van der Waals surface area contributed by atoms with Crippen molar-refractivity contribution in [1.82, 2.24) is 4.90 Å². The van der Waals surface area contributed by atoms with Crippen LogP contribution in [0.3, 0.4) is 0 Å². The van der Waals surface area contributed by atoms with Gasteiger partial charge in [-0.1, -0.05) is 70.1 Å². The van der Waals surface area contributed by atoms with E-state index in [1.54, 1.807) is 6.07 Å². The van der Waals surface area contributed by atoms with Gasteiger partial charge >= 0.3 is 11.9 Å². The Hall–Kier alpha value is -1.48. The highest BCUT2D eigenvalue weighted by Crippen LogP contribution is 2.38. The summed E-state index contributed by atoms with van der Waals surface area (Å²) >= 11 is 36.3. The third-order valence-corrected chi connectivity index (χ3v) is 6.52. The molecule has 0 spiro atoms. The number of aliphatic imine (C=N–C) groups is 1. The predicted octanol–water partition coefficient (Wildman–Crippen LogP) is 6.35. The third kappa shape index (κ3) is 5.19. The summed E-state index contributed by atoms with van der Waals surface area (Å²) < 4.78 is 12.2. The largest absolute Gasteiger partial charge is 0.361 e. The lowest BCUT2D eigenvalue weighted by atomic mass is 10.2. The zero-order valence-corrected chi connectivity index (χ0v) is 20.5. The number of urea groups is 1. The molecule has 0 aliphatic carbocycles. The topological polar surface area (TPSA) is 65.0 Å². The van der Waals surface area contributed by atoms with Gasteiger partial charge < -0.3 is 5.32 Å². The van der Waals surface area contributed by atoms with Crippen LogP contribution in [0.2, 0.25) is 10.0 Å². The molecule has 3 rings (SSSR count). The normalized spacial score (nSPS) is 17.8. The predicted molar refractivity (Wildman–Crippen MR) is 128 cm³/mol. The van der Waals surface area contributed by atoms with E-state index in [1.807, 2.05) is 0 Å². The van der Waals surface area contributed by atoms with Gasteiger partial charge in [0.05, 0.1) is 16.4 Å². The van der Waals surface area contributed by atoms with E-state index in [0.29, 0.717) is 15.6 Å². The Morgan fingerprint density at radius 1 is 1.09 bits per heavy atom. The van der Waals surface area contributed by atoms with Crippen LogP contribution < -0.4 is 10.2 Å². The van der Waals surface area contributed by atoms with Crippen LogP contribution in [-0.2, 0) is 4.79 Å². The maximum absolute atomic E-state index is 14.2. The first-order valence-electron chi connectivity index (χ1n) is 8.78. The van der Waals surface area contributed by atoms with Gasteiger partial charge in [-0.05, 0) is 30.3 Å². The minimum Gasteiger partial charge on any atom is -0.361 e. The number of carbonyl (C=O) groups is 2. The van der Waals surface area contributed by atoms with E-state index in [-0.39, 0.29) is 16.5 Å². The summed E-state index contributed by atoms with van der Waals surface area (Å²) in [5.74, 6) is -1.99. The molecule has 1 fully saturated rings. The molecule has 0 bridgehead atoms. The minimum absolute atomic E-state index is 0.214. The molecule has 0 aromatic heterocycles. The van der Waals surface area contributed by atoms with Gasteiger partial charge in [0.25, 0.3) is 0 Å². The van der Waals surface area contributed by atoms with Crippen LogP contribution in [0.4, 0.5) is 20.6 Å². The first kappa shape index (κ1) is 25.1. The van der Waals surface area contributed by atoms with Gasteiger partial charge in [-0.15, -0.1) is 11.6 Å². The lowest BCUT2D eigenvalue weighted by Gasteiger charge is -2.27. The third-order valence-electron chi connectivity index (χ3n) is 4.37. The fourth-order valence-electron chi connectivity index (χ4n) is 2.81. The number of benzene rings is 2. The van der Waals surface area contributed by atoms with Crippen molar-refractivity contribution in [3.05, 3.63) is 58.3 Å². The highest BCUT2D eigenvalue weighted by atomic mass is 35.6. The summed E-state index contributed by atoms with van der Waals surface area (Å²) in [4.78, 5) is 31.5. The Kier molecular flexibility index (Phi) is 7.70. The molecule has 2 atom stereocenters. The number of nitrogens with one attached hydrogen (secondary N) is 1. The fourth-order valence-corrected chi connectivity index (χ4v) is 3.75. The molecule has 170 valence electrons. The van der Waals surface area contributed by atoms with E-state index in [0.717, 1.165) is 11.0 Å². The van der Waals surface area contributed by atoms with E-state index >= 15 is 0 Å². The van der Waals surface area contributed by atoms with Gasteiger partial charge in [-0.2, -0.15) is 0 Å². The molecule has 32 heavy (non-hydrogen) atoms. The summed E-state index contributed by atoms with van der Waals surface area (Å²) in [6.07, 6.45) is -1.24. The molecule has 13 heteroatoms. The lowest BCUT2D eigenvalue weighted by Crippen LogP contribution is -2.40. The molecule has 1 aliphatic heterocycles. The smallest absolute Gasteiger partial charge is 0.337 e. The van der Waals surface area contributed by atoms with Crippen LogP contribution in [0.25, 0.3) is 0 Å². The number of amidine groups is 1. The van der Waals surface area contributed by atoms with Crippen molar-refractivity contribution >= 4 is 98.8 Å². The number of rotatable bonds is 5. The molecule has 2 aromatic carbocycles. The Morgan fingerprint density at radius 2 is 1.75 bits per heavy atom. The number of para-hydroxylation sites is 1. The SMILES string of the molecule is CN1C(=O)N(c2ccccc2F)C(=O)C1=NC(Nc1ccc(Cl)cc1Cl)C(Cl)C(Cl)(Cl)Cl. The van der Waals surface area contributed by atoms with E-state index in [9.17, 15) is 14.0 Å². The lowest BCUT2D eigenvalue weighted by molar-refractivity contribution is -0.111. The molecule has 1 N–H and O–H groups in total. The highest BCUT2D eigenvalue weighted by molar-refractivity contribution is 6.70. The van der Waals surface area contributed by atoms with Crippen LogP contribution in [0, 0.1) is 5.82 Å². The molecule has 0 saturated carbocycles. The van der Waals surface area contributed by atoms with Gasteiger partial charge in [0.1, 0.15) is 17.4 Å². The summed E-state index contributed by atoms with van der Waals surface area (Å²) in [6, 6.07) is 9.06. The van der Waals surface area contributed by atoms with E-state index in [1.165, 1.54) is 37.4 Å². The number of hydrogen-bond acceptors (Lipinski definition) is 4. The molecule has 1 heterocycles. The highest BCUT2D eigenvalue weighted by Gasteiger charge is 2.45. The zero-order chi connectivity index (χ0) is 23.8. The molecule has 3 amide bonds. The number of likely N-dealkylation sites (N-methyl/N-ethyl adjacent to an activating group) is 1. The number of amides is 3. The second kappa shape index (κ2) is 9.79. The molecule has 1 aliphatic rings. The summed E-state index contributed by atoms with van der Waals surface area (Å²) in [5, 5.41) is 2.16. The number of imide groups is 1. The van der Waals surface area contributed by atoms with Crippen LogP contribution >= 0.6 is 69.6 Å². The van der Waals surface area contributed by atoms with Crippen LogP contribution in [0.15, 0.2) is 47.5 Å². The molecular formula is C19H13Cl6FN4O2. The van der Waals surface area contributed by atoms with Gasteiger partial charge in [0.2, 0.25) is 9.63 Å². The maximum Gasteiger partial charge on any atom is 0.337 e. The van der Waals surface area contributed by atoms with Gasteiger partial charge in [0, 0.05) is 12.1 Å². The van der Waals surface area contributed by atoms with Crippen molar-refractivity contribution in [3.8, 4) is 0 Å². The fraction of sp³-hybridized carbons (Fsp3) is 0.211. The van der Waals surface area contributed by atoms with E-state index in [4.69, 9.17) is 69.6 Å². The second-order valence-corrected chi connectivity index (χ2v) is 10.2. The molecule has 1 saturated heterocycles. The minimum atomic E-state index is -2.02. The number of nitrogens with zero attached hydrogens (tertiary/aromatic N) is 3. The first-order chi connectivity index (χ1) is 14.9.